The minimum atomic E-state index is -1.13. The second-order valence-corrected chi connectivity index (χ2v) is 6.26. The summed E-state index contributed by atoms with van der Waals surface area (Å²) in [5.74, 6) is -1.58. The zero-order chi connectivity index (χ0) is 18.2. The van der Waals surface area contributed by atoms with Crippen LogP contribution in [0.25, 0.3) is 26.9 Å². The maximum atomic E-state index is 13.7. The molecule has 0 aliphatic carbocycles. The van der Waals surface area contributed by atoms with Crippen LogP contribution in [0.1, 0.15) is 29.8 Å². The summed E-state index contributed by atoms with van der Waals surface area (Å²) in [6.45, 7) is 10.9. The van der Waals surface area contributed by atoms with Gasteiger partial charge >= 0.3 is 5.97 Å². The van der Waals surface area contributed by atoms with E-state index in [1.165, 1.54) is 24.4 Å². The number of aromatic nitrogens is 1. The number of benzene rings is 2. The normalized spacial score (nSPS) is 11.3. The smallest absolute Gasteiger partial charge is 0.337 e. The van der Waals surface area contributed by atoms with Crippen LogP contribution in [-0.2, 0) is 5.54 Å². The molecule has 0 unspecified atom stereocenters. The van der Waals surface area contributed by atoms with Crippen LogP contribution < -0.4 is 0 Å². The lowest BCUT2D eigenvalue weighted by Gasteiger charge is -2.14. The van der Waals surface area contributed by atoms with E-state index in [9.17, 15) is 14.3 Å². The summed E-state index contributed by atoms with van der Waals surface area (Å²) in [5.41, 5.74) is 1.75. The molecule has 0 aliphatic rings. The summed E-state index contributed by atoms with van der Waals surface area (Å²) < 4.78 is 13.7. The Balaban J connectivity index is 2.27. The van der Waals surface area contributed by atoms with Crippen molar-refractivity contribution < 1.29 is 14.3 Å². The number of hydrogen-bond acceptors (Lipinski definition) is 2. The van der Waals surface area contributed by atoms with Gasteiger partial charge in [0, 0.05) is 36.6 Å². The van der Waals surface area contributed by atoms with Crippen LogP contribution in [-0.4, -0.2) is 16.1 Å². The molecule has 0 bridgehead atoms. The lowest BCUT2D eigenvalue weighted by molar-refractivity contribution is 0.0697. The molecular formula is C20H15FN2O2. The highest BCUT2D eigenvalue weighted by Crippen LogP contribution is 2.33. The lowest BCUT2D eigenvalue weighted by Crippen LogP contribution is -2.10. The molecule has 124 valence electrons. The fourth-order valence-electron chi connectivity index (χ4n) is 2.75. The van der Waals surface area contributed by atoms with Crippen molar-refractivity contribution in [1.29, 1.82) is 0 Å². The van der Waals surface area contributed by atoms with Gasteiger partial charge in [0.15, 0.2) is 0 Å². The largest absolute Gasteiger partial charge is 0.478 e. The van der Waals surface area contributed by atoms with Crippen molar-refractivity contribution in [2.24, 2.45) is 0 Å². The second kappa shape index (κ2) is 5.99. The van der Waals surface area contributed by atoms with Crippen LogP contribution in [0.5, 0.6) is 0 Å². The van der Waals surface area contributed by atoms with Crippen molar-refractivity contribution in [3.63, 3.8) is 0 Å². The predicted molar refractivity (Wildman–Crippen MR) is 93.7 cm³/mol. The molecule has 1 heterocycles. The maximum absolute atomic E-state index is 13.7. The van der Waals surface area contributed by atoms with Gasteiger partial charge in [-0.2, -0.15) is 0 Å². The molecule has 2 aromatic carbocycles. The molecule has 0 radical (unpaired) electrons. The first-order valence-electron chi connectivity index (χ1n) is 7.64. The number of rotatable bonds is 3. The summed E-state index contributed by atoms with van der Waals surface area (Å²) in [4.78, 5) is 19.3. The second-order valence-electron chi connectivity index (χ2n) is 6.26. The maximum Gasteiger partial charge on any atom is 0.337 e. The van der Waals surface area contributed by atoms with E-state index in [1.807, 2.05) is 13.8 Å². The molecule has 1 aromatic heterocycles. The molecule has 0 saturated carbocycles. The fraction of sp³-hybridized carbons (Fsp3) is 0.150. The Labute approximate surface area is 144 Å². The van der Waals surface area contributed by atoms with Crippen molar-refractivity contribution in [2.45, 2.75) is 19.4 Å². The Kier molecular flexibility index (Phi) is 3.97. The van der Waals surface area contributed by atoms with Gasteiger partial charge < -0.3 is 9.95 Å². The van der Waals surface area contributed by atoms with Crippen LogP contribution >= 0.6 is 0 Å². The number of fused-ring (bicyclic) bond motifs is 1. The third kappa shape index (κ3) is 2.94. The third-order valence-electron chi connectivity index (χ3n) is 4.22. The Morgan fingerprint density at radius 1 is 1.20 bits per heavy atom. The number of carboxylic acid groups (broad SMARTS) is 1. The third-order valence-corrected chi connectivity index (χ3v) is 4.22. The zero-order valence-electron chi connectivity index (χ0n) is 13.7. The molecule has 0 fully saturated rings. The summed E-state index contributed by atoms with van der Waals surface area (Å²) in [7, 11) is 0. The van der Waals surface area contributed by atoms with Crippen LogP contribution in [0.15, 0.2) is 48.7 Å². The van der Waals surface area contributed by atoms with E-state index in [2.05, 4.69) is 9.83 Å². The van der Waals surface area contributed by atoms with E-state index in [0.29, 0.717) is 22.0 Å². The van der Waals surface area contributed by atoms with Gasteiger partial charge in [-0.15, -0.1) is 0 Å². The van der Waals surface area contributed by atoms with E-state index in [4.69, 9.17) is 6.57 Å². The molecular weight excluding hydrogens is 319 g/mol. The number of pyridine rings is 1. The van der Waals surface area contributed by atoms with Crippen molar-refractivity contribution in [2.75, 3.05) is 0 Å². The minimum Gasteiger partial charge on any atom is -0.478 e. The lowest BCUT2D eigenvalue weighted by atomic mass is 9.91. The van der Waals surface area contributed by atoms with Gasteiger partial charge in [-0.25, -0.2) is 15.8 Å². The average molecular weight is 334 g/mol. The topological polar surface area (TPSA) is 54.5 Å². The summed E-state index contributed by atoms with van der Waals surface area (Å²) in [6.07, 6.45) is 1.29. The van der Waals surface area contributed by atoms with Gasteiger partial charge in [0.05, 0.1) is 11.1 Å². The van der Waals surface area contributed by atoms with Gasteiger partial charge in [-0.05, 0) is 23.8 Å². The first kappa shape index (κ1) is 16.6. The van der Waals surface area contributed by atoms with Crippen LogP contribution in [0, 0.1) is 12.4 Å². The molecule has 3 rings (SSSR count). The van der Waals surface area contributed by atoms with E-state index in [-0.39, 0.29) is 5.56 Å². The molecule has 5 heteroatoms. The molecule has 0 spiro atoms. The molecule has 0 amide bonds. The molecule has 0 aliphatic heterocycles. The van der Waals surface area contributed by atoms with Gasteiger partial charge in [0.2, 0.25) is 0 Å². The van der Waals surface area contributed by atoms with Crippen LogP contribution in [0.4, 0.5) is 4.39 Å². The first-order valence-corrected chi connectivity index (χ1v) is 7.64. The number of hydrogen-bond donors (Lipinski definition) is 1. The molecule has 0 atom stereocenters. The van der Waals surface area contributed by atoms with Crippen molar-refractivity contribution >= 4 is 16.9 Å². The van der Waals surface area contributed by atoms with Crippen molar-refractivity contribution in [1.82, 2.24) is 4.98 Å². The number of halogens is 1. The molecule has 1 N–H and O–H groups in total. The van der Waals surface area contributed by atoms with Crippen LogP contribution in [0.3, 0.4) is 0 Å². The quantitative estimate of drug-likeness (QED) is 0.694. The predicted octanol–water partition coefficient (Wildman–Crippen LogP) is 4.89. The highest BCUT2D eigenvalue weighted by atomic mass is 19.1. The van der Waals surface area contributed by atoms with Gasteiger partial charge in [0.1, 0.15) is 5.82 Å². The zero-order valence-corrected chi connectivity index (χ0v) is 13.7. The van der Waals surface area contributed by atoms with E-state index < -0.39 is 17.3 Å². The van der Waals surface area contributed by atoms with Gasteiger partial charge in [-0.1, -0.05) is 24.3 Å². The minimum absolute atomic E-state index is 0.00953. The Bertz CT molecular complexity index is 1020. The standard InChI is InChI=1S/C20H15FN2O2/c1-20(2,22-3)13-6-4-12(5-7-13)18-15-10-14(21)8-9-17(15)23-11-16(18)19(24)25/h4-11H,1-2H3,(H,24,25). The monoisotopic (exact) mass is 334 g/mol. The highest BCUT2D eigenvalue weighted by Gasteiger charge is 2.26. The van der Waals surface area contributed by atoms with E-state index in [0.717, 1.165) is 5.56 Å². The Morgan fingerprint density at radius 3 is 2.48 bits per heavy atom. The fourth-order valence-corrected chi connectivity index (χ4v) is 2.75. The first-order chi connectivity index (χ1) is 11.8. The van der Waals surface area contributed by atoms with Gasteiger partial charge in [0.25, 0.3) is 5.54 Å². The summed E-state index contributed by atoms with van der Waals surface area (Å²) in [5, 5.41) is 9.95. The molecule has 4 nitrogen and oxygen atoms in total. The number of carbonyl (C=O) groups is 1. The van der Waals surface area contributed by atoms with Gasteiger partial charge in [-0.3, -0.25) is 4.98 Å². The number of aromatic carboxylic acids is 1. The van der Waals surface area contributed by atoms with E-state index >= 15 is 0 Å². The molecule has 3 aromatic rings. The molecule has 0 saturated heterocycles. The summed E-state index contributed by atoms with van der Waals surface area (Å²) in [6, 6.07) is 11.2. The van der Waals surface area contributed by atoms with E-state index in [1.54, 1.807) is 24.3 Å². The summed E-state index contributed by atoms with van der Waals surface area (Å²) >= 11 is 0. The molecule has 25 heavy (non-hydrogen) atoms. The number of nitrogens with zero attached hydrogens (tertiary/aromatic N) is 2. The Hall–Kier alpha value is -3.26. The van der Waals surface area contributed by atoms with Crippen molar-refractivity contribution in [3.05, 3.63) is 77.0 Å². The van der Waals surface area contributed by atoms with Crippen LogP contribution in [0.2, 0.25) is 0 Å². The number of carboxylic acids is 1. The average Bonchev–Trinajstić information content (AvgIpc) is 2.60. The highest BCUT2D eigenvalue weighted by molar-refractivity contribution is 6.06. The Morgan fingerprint density at radius 2 is 1.88 bits per heavy atom. The SMILES string of the molecule is [C-]#[N+]C(C)(C)c1ccc(-c2c(C(=O)O)cnc3ccc(F)cc23)cc1. The van der Waals surface area contributed by atoms with Crippen molar-refractivity contribution in [3.8, 4) is 11.1 Å².